The minimum absolute atomic E-state index is 0.00785. The number of ether oxygens (including phenoxy) is 1. The summed E-state index contributed by atoms with van der Waals surface area (Å²) in [5, 5.41) is 11.0. The molecule has 4 aliphatic carbocycles. The highest BCUT2D eigenvalue weighted by Crippen LogP contribution is 2.64. The highest BCUT2D eigenvalue weighted by Gasteiger charge is 2.60. The average molecular weight is 464 g/mol. The standard InChI is InChI=1S/C28H33NO5/c1-17(30)34-22-10-12-27(2)20(16-22)6-9-23-24(27)11-13-28(3)25(23)15-19(26(28)31)14-18-4-7-21(8-5-18)29(32)33/h4-8,14,22-25H,9-13,15-16H2,1-3H3/b19-14+/t22-,23-,24+,25+,27-,28+/m0/s1. The van der Waals surface area contributed by atoms with Crippen molar-refractivity contribution in [2.24, 2.45) is 28.6 Å². The number of hydrogen-bond acceptors (Lipinski definition) is 5. The molecule has 0 aromatic heterocycles. The van der Waals surface area contributed by atoms with Crippen molar-refractivity contribution < 1.29 is 19.2 Å². The fourth-order valence-electron chi connectivity index (χ4n) is 7.66. The molecule has 0 amide bonds. The van der Waals surface area contributed by atoms with Gasteiger partial charge in [-0.25, -0.2) is 0 Å². The minimum atomic E-state index is -0.404. The van der Waals surface area contributed by atoms with Gasteiger partial charge in [0.25, 0.3) is 5.69 Å². The van der Waals surface area contributed by atoms with Crippen LogP contribution in [0.5, 0.6) is 0 Å². The summed E-state index contributed by atoms with van der Waals surface area (Å²) < 4.78 is 5.54. The molecule has 34 heavy (non-hydrogen) atoms. The first-order valence-electron chi connectivity index (χ1n) is 12.5. The molecule has 3 fully saturated rings. The summed E-state index contributed by atoms with van der Waals surface area (Å²) in [5.74, 6) is 1.41. The first kappa shape index (κ1) is 23.0. The van der Waals surface area contributed by atoms with E-state index in [0.717, 1.165) is 56.1 Å². The third-order valence-corrected chi connectivity index (χ3v) is 9.48. The molecule has 0 radical (unpaired) electrons. The van der Waals surface area contributed by atoms with E-state index in [-0.39, 0.29) is 34.4 Å². The van der Waals surface area contributed by atoms with Gasteiger partial charge >= 0.3 is 5.97 Å². The highest BCUT2D eigenvalue weighted by molar-refractivity contribution is 6.06. The van der Waals surface area contributed by atoms with Crippen molar-refractivity contribution in [3.63, 3.8) is 0 Å². The van der Waals surface area contributed by atoms with Crippen molar-refractivity contribution in [1.29, 1.82) is 0 Å². The molecule has 180 valence electrons. The Morgan fingerprint density at radius 1 is 1.09 bits per heavy atom. The van der Waals surface area contributed by atoms with E-state index in [1.54, 1.807) is 12.1 Å². The smallest absolute Gasteiger partial charge is 0.302 e. The van der Waals surface area contributed by atoms with E-state index in [4.69, 9.17) is 4.74 Å². The number of carbonyl (C=O) groups is 2. The van der Waals surface area contributed by atoms with Gasteiger partial charge in [-0.2, -0.15) is 0 Å². The van der Waals surface area contributed by atoms with Crippen molar-refractivity contribution in [3.8, 4) is 0 Å². The summed E-state index contributed by atoms with van der Waals surface area (Å²) in [5.41, 5.74) is 3.00. The van der Waals surface area contributed by atoms with Crippen molar-refractivity contribution in [2.45, 2.75) is 71.8 Å². The number of fused-ring (bicyclic) bond motifs is 5. The highest BCUT2D eigenvalue weighted by atomic mass is 16.6. The lowest BCUT2D eigenvalue weighted by molar-refractivity contribution is -0.384. The number of nitrogens with zero attached hydrogens (tertiary/aromatic N) is 1. The van der Waals surface area contributed by atoms with Gasteiger partial charge in [-0.3, -0.25) is 19.7 Å². The van der Waals surface area contributed by atoms with E-state index in [1.165, 1.54) is 24.6 Å². The van der Waals surface area contributed by atoms with Crippen LogP contribution in [-0.4, -0.2) is 22.8 Å². The number of Topliss-reactive ketones (excluding diaryl/α,β-unsaturated/α-hetero) is 1. The number of nitro groups is 1. The Morgan fingerprint density at radius 2 is 1.79 bits per heavy atom. The predicted molar refractivity (Wildman–Crippen MR) is 129 cm³/mol. The molecular weight excluding hydrogens is 430 g/mol. The Balaban J connectivity index is 1.40. The molecule has 6 atom stereocenters. The number of rotatable bonds is 3. The summed E-state index contributed by atoms with van der Waals surface area (Å²) in [4.78, 5) is 35.6. The Kier molecular flexibility index (Phi) is 5.53. The molecule has 0 aliphatic heterocycles. The van der Waals surface area contributed by atoms with E-state index in [2.05, 4.69) is 19.9 Å². The topological polar surface area (TPSA) is 86.5 Å². The zero-order chi connectivity index (χ0) is 24.3. The van der Waals surface area contributed by atoms with E-state index >= 15 is 0 Å². The summed E-state index contributed by atoms with van der Waals surface area (Å²) >= 11 is 0. The van der Waals surface area contributed by atoms with Gasteiger partial charge < -0.3 is 4.74 Å². The number of non-ortho nitro benzene ring substituents is 1. The second-order valence-corrected chi connectivity index (χ2v) is 11.2. The Bertz CT molecular complexity index is 1100. The Labute approximate surface area is 200 Å². The number of allylic oxidation sites excluding steroid dienone is 2. The van der Waals surface area contributed by atoms with Gasteiger partial charge in [0.2, 0.25) is 0 Å². The fourth-order valence-corrected chi connectivity index (χ4v) is 7.66. The molecule has 1 aromatic rings. The van der Waals surface area contributed by atoms with Crippen LogP contribution in [0.2, 0.25) is 0 Å². The van der Waals surface area contributed by atoms with Gasteiger partial charge in [-0.15, -0.1) is 0 Å². The number of hydrogen-bond donors (Lipinski definition) is 0. The molecule has 5 rings (SSSR count). The molecule has 1 aromatic carbocycles. The first-order chi connectivity index (χ1) is 16.1. The lowest BCUT2D eigenvalue weighted by atomic mass is 9.48. The van der Waals surface area contributed by atoms with Crippen molar-refractivity contribution in [2.75, 3.05) is 0 Å². The van der Waals surface area contributed by atoms with E-state index in [0.29, 0.717) is 17.8 Å². The number of benzene rings is 1. The van der Waals surface area contributed by atoms with Crippen molar-refractivity contribution >= 4 is 23.5 Å². The van der Waals surface area contributed by atoms with E-state index < -0.39 is 4.92 Å². The minimum Gasteiger partial charge on any atom is -0.462 e. The monoisotopic (exact) mass is 463 g/mol. The van der Waals surface area contributed by atoms with E-state index in [1.807, 2.05) is 6.08 Å². The van der Waals surface area contributed by atoms with Crippen LogP contribution >= 0.6 is 0 Å². The van der Waals surface area contributed by atoms with Crippen molar-refractivity contribution in [3.05, 3.63) is 57.2 Å². The van der Waals surface area contributed by atoms with Gasteiger partial charge in [0, 0.05) is 30.9 Å². The van der Waals surface area contributed by atoms with Gasteiger partial charge in [0.05, 0.1) is 4.92 Å². The van der Waals surface area contributed by atoms with Crippen LogP contribution in [0.25, 0.3) is 6.08 Å². The fraction of sp³-hybridized carbons (Fsp3) is 0.571. The molecular formula is C28H33NO5. The molecule has 0 bridgehead atoms. The van der Waals surface area contributed by atoms with Crippen LogP contribution in [-0.2, 0) is 14.3 Å². The molecule has 0 heterocycles. The van der Waals surface area contributed by atoms with Gasteiger partial charge in [0.1, 0.15) is 6.10 Å². The zero-order valence-corrected chi connectivity index (χ0v) is 20.2. The normalized spacial score (nSPS) is 37.9. The van der Waals surface area contributed by atoms with Crippen LogP contribution in [0, 0.1) is 38.7 Å². The SMILES string of the molecule is CC(=O)O[C@H]1CC[C@@]2(C)C(=CC[C@@H]3[C@H]4C/C(=C\c5ccc([N+](=O)[O-])cc5)C(=O)[C@]4(C)CC[C@H]32)C1. The van der Waals surface area contributed by atoms with Gasteiger partial charge in [-0.1, -0.05) is 25.5 Å². The molecule has 0 N–H and O–H groups in total. The second kappa shape index (κ2) is 8.17. The van der Waals surface area contributed by atoms with Crippen LogP contribution in [0.15, 0.2) is 41.5 Å². The molecule has 6 nitrogen and oxygen atoms in total. The van der Waals surface area contributed by atoms with Crippen LogP contribution < -0.4 is 0 Å². The summed E-state index contributed by atoms with van der Waals surface area (Å²) in [7, 11) is 0. The largest absolute Gasteiger partial charge is 0.462 e. The Morgan fingerprint density at radius 3 is 2.47 bits per heavy atom. The molecule has 3 saturated carbocycles. The van der Waals surface area contributed by atoms with Crippen LogP contribution in [0.1, 0.15) is 71.3 Å². The van der Waals surface area contributed by atoms with E-state index in [9.17, 15) is 19.7 Å². The summed E-state index contributed by atoms with van der Waals surface area (Å²) in [6, 6.07) is 6.45. The first-order valence-corrected chi connectivity index (χ1v) is 12.5. The molecule has 6 heteroatoms. The van der Waals surface area contributed by atoms with Gasteiger partial charge in [0.15, 0.2) is 5.78 Å². The van der Waals surface area contributed by atoms with Crippen LogP contribution in [0.4, 0.5) is 5.69 Å². The molecule has 0 spiro atoms. The zero-order valence-electron chi connectivity index (χ0n) is 20.2. The number of ketones is 1. The summed E-state index contributed by atoms with van der Waals surface area (Å²) in [6.45, 7) is 6.04. The second-order valence-electron chi connectivity index (χ2n) is 11.2. The lowest BCUT2D eigenvalue weighted by Gasteiger charge is -2.56. The number of esters is 1. The summed E-state index contributed by atoms with van der Waals surface area (Å²) in [6.07, 6.45) is 10.8. The molecule has 0 saturated heterocycles. The number of nitro benzene ring substituents is 1. The molecule has 4 aliphatic rings. The number of carbonyl (C=O) groups excluding carboxylic acids is 2. The maximum Gasteiger partial charge on any atom is 0.302 e. The lowest BCUT2D eigenvalue weighted by Crippen LogP contribution is -2.50. The average Bonchev–Trinajstić information content (AvgIpc) is 3.04. The predicted octanol–water partition coefficient (Wildman–Crippen LogP) is 6.05. The third kappa shape index (κ3) is 3.62. The maximum atomic E-state index is 13.6. The molecule has 0 unspecified atom stereocenters. The quantitative estimate of drug-likeness (QED) is 0.179. The van der Waals surface area contributed by atoms with Crippen molar-refractivity contribution in [1.82, 2.24) is 0 Å². The van der Waals surface area contributed by atoms with Gasteiger partial charge in [-0.05, 0) is 91.0 Å². The maximum absolute atomic E-state index is 13.6. The van der Waals surface area contributed by atoms with Crippen LogP contribution in [0.3, 0.4) is 0 Å². The third-order valence-electron chi connectivity index (χ3n) is 9.48. The Hall–Kier alpha value is -2.76.